The highest BCUT2D eigenvalue weighted by Crippen LogP contribution is 2.07. The number of H-pyrrole nitrogens is 1. The molecular weight excluding hydrogens is 272 g/mol. The molecule has 2 aromatic rings. The van der Waals surface area contributed by atoms with Gasteiger partial charge in [0.2, 0.25) is 0 Å². The standard InChI is InChI=1S/C12H9ClN2O4/c13-9-6-15(12(19)14-10(9)16)5-7-2-1-3-8(4-7)11(17)18/h1-4,6H,5H2,(H,17,18)(H,14,16,19). The van der Waals surface area contributed by atoms with Crippen molar-refractivity contribution in [3.05, 3.63) is 67.4 Å². The second-order valence-corrected chi connectivity index (χ2v) is 4.28. The molecule has 98 valence electrons. The van der Waals surface area contributed by atoms with Crippen molar-refractivity contribution in [2.45, 2.75) is 6.54 Å². The van der Waals surface area contributed by atoms with Crippen molar-refractivity contribution in [1.29, 1.82) is 0 Å². The number of halogens is 1. The molecule has 7 heteroatoms. The first-order valence-corrected chi connectivity index (χ1v) is 5.66. The third kappa shape index (κ3) is 2.92. The first kappa shape index (κ1) is 13.1. The first-order chi connectivity index (χ1) is 8.97. The van der Waals surface area contributed by atoms with E-state index in [2.05, 4.69) is 4.98 Å². The minimum absolute atomic E-state index is 0.103. The molecule has 0 aliphatic rings. The van der Waals surface area contributed by atoms with E-state index >= 15 is 0 Å². The zero-order valence-corrected chi connectivity index (χ0v) is 10.3. The van der Waals surface area contributed by atoms with E-state index in [1.807, 2.05) is 0 Å². The topological polar surface area (TPSA) is 92.2 Å². The lowest BCUT2D eigenvalue weighted by molar-refractivity contribution is 0.0696. The molecule has 0 aliphatic heterocycles. The number of nitrogens with one attached hydrogen (secondary N) is 1. The van der Waals surface area contributed by atoms with Gasteiger partial charge >= 0.3 is 11.7 Å². The van der Waals surface area contributed by atoms with Crippen LogP contribution in [-0.4, -0.2) is 20.6 Å². The normalized spacial score (nSPS) is 10.4. The van der Waals surface area contributed by atoms with Gasteiger partial charge in [-0.3, -0.25) is 14.3 Å². The number of aromatic nitrogens is 2. The van der Waals surface area contributed by atoms with Crippen LogP contribution in [-0.2, 0) is 6.54 Å². The van der Waals surface area contributed by atoms with Crippen LogP contribution in [0.4, 0.5) is 0 Å². The number of aromatic amines is 1. The minimum atomic E-state index is -1.05. The predicted molar refractivity (Wildman–Crippen MR) is 68.8 cm³/mol. The van der Waals surface area contributed by atoms with Crippen molar-refractivity contribution in [1.82, 2.24) is 9.55 Å². The third-order valence-electron chi connectivity index (χ3n) is 2.49. The van der Waals surface area contributed by atoms with E-state index in [1.54, 1.807) is 12.1 Å². The SMILES string of the molecule is O=C(O)c1cccc(Cn2cc(Cl)c(=O)[nH]c2=O)c1. The Bertz CT molecular complexity index is 748. The van der Waals surface area contributed by atoms with Crippen LogP contribution in [0.1, 0.15) is 15.9 Å². The molecule has 6 nitrogen and oxygen atoms in total. The Morgan fingerprint density at radius 1 is 1.37 bits per heavy atom. The van der Waals surface area contributed by atoms with Gasteiger partial charge in [-0.1, -0.05) is 23.7 Å². The van der Waals surface area contributed by atoms with Gasteiger partial charge in [-0.25, -0.2) is 9.59 Å². The molecule has 1 aromatic carbocycles. The summed E-state index contributed by atoms with van der Waals surface area (Å²) in [6.07, 6.45) is 1.22. The average Bonchev–Trinajstić information content (AvgIpc) is 2.36. The Labute approximate surface area is 111 Å². The van der Waals surface area contributed by atoms with E-state index in [0.29, 0.717) is 5.56 Å². The van der Waals surface area contributed by atoms with Crippen LogP contribution in [0.15, 0.2) is 40.1 Å². The molecule has 0 atom stereocenters. The molecule has 19 heavy (non-hydrogen) atoms. The average molecular weight is 281 g/mol. The quantitative estimate of drug-likeness (QED) is 0.875. The van der Waals surface area contributed by atoms with E-state index in [4.69, 9.17) is 16.7 Å². The lowest BCUT2D eigenvalue weighted by atomic mass is 10.1. The second kappa shape index (κ2) is 5.11. The number of hydrogen-bond acceptors (Lipinski definition) is 3. The molecule has 0 amide bonds. The molecule has 0 saturated heterocycles. The highest BCUT2D eigenvalue weighted by molar-refractivity contribution is 6.30. The zero-order chi connectivity index (χ0) is 14.0. The molecule has 0 aliphatic carbocycles. The number of benzene rings is 1. The maximum atomic E-state index is 11.5. The number of rotatable bonds is 3. The van der Waals surface area contributed by atoms with Crippen molar-refractivity contribution < 1.29 is 9.90 Å². The van der Waals surface area contributed by atoms with Crippen molar-refractivity contribution in [3.63, 3.8) is 0 Å². The van der Waals surface area contributed by atoms with Gasteiger partial charge in [-0.15, -0.1) is 0 Å². The molecular formula is C12H9ClN2O4. The molecule has 1 aromatic heterocycles. The highest BCUT2D eigenvalue weighted by Gasteiger charge is 2.06. The highest BCUT2D eigenvalue weighted by atomic mass is 35.5. The largest absolute Gasteiger partial charge is 0.478 e. The van der Waals surface area contributed by atoms with E-state index in [-0.39, 0.29) is 17.1 Å². The number of aromatic carboxylic acids is 1. The molecule has 2 rings (SSSR count). The van der Waals surface area contributed by atoms with Crippen LogP contribution in [0.5, 0.6) is 0 Å². The van der Waals surface area contributed by atoms with Gasteiger partial charge in [-0.2, -0.15) is 0 Å². The third-order valence-corrected chi connectivity index (χ3v) is 2.76. The Morgan fingerprint density at radius 2 is 2.11 bits per heavy atom. The number of hydrogen-bond donors (Lipinski definition) is 2. The van der Waals surface area contributed by atoms with Crippen LogP contribution >= 0.6 is 11.6 Å². The maximum absolute atomic E-state index is 11.5. The van der Waals surface area contributed by atoms with Crippen LogP contribution in [0, 0.1) is 0 Å². The number of carboxylic acid groups (broad SMARTS) is 1. The van der Waals surface area contributed by atoms with Gasteiger partial charge in [0.15, 0.2) is 0 Å². The number of carboxylic acids is 1. The summed E-state index contributed by atoms with van der Waals surface area (Å²) in [7, 11) is 0. The fourth-order valence-electron chi connectivity index (χ4n) is 1.60. The van der Waals surface area contributed by atoms with Gasteiger partial charge in [-0.05, 0) is 17.7 Å². The van der Waals surface area contributed by atoms with E-state index in [9.17, 15) is 14.4 Å². The Morgan fingerprint density at radius 3 is 2.79 bits per heavy atom. The molecule has 0 unspecified atom stereocenters. The fourth-order valence-corrected chi connectivity index (χ4v) is 1.76. The van der Waals surface area contributed by atoms with Gasteiger partial charge in [0, 0.05) is 6.20 Å². The van der Waals surface area contributed by atoms with Crippen LogP contribution in [0.2, 0.25) is 5.02 Å². The molecule has 0 saturated carbocycles. The van der Waals surface area contributed by atoms with Crippen molar-refractivity contribution in [2.24, 2.45) is 0 Å². The van der Waals surface area contributed by atoms with E-state index in [0.717, 1.165) is 0 Å². The number of carbonyl (C=O) groups is 1. The van der Waals surface area contributed by atoms with Crippen LogP contribution in [0.25, 0.3) is 0 Å². The monoisotopic (exact) mass is 280 g/mol. The Hall–Kier alpha value is -2.34. The van der Waals surface area contributed by atoms with Gasteiger partial charge in [0.1, 0.15) is 5.02 Å². The van der Waals surface area contributed by atoms with Crippen molar-refractivity contribution in [2.75, 3.05) is 0 Å². The summed E-state index contributed by atoms with van der Waals surface area (Å²) in [5, 5.41) is 8.77. The molecule has 2 N–H and O–H groups in total. The molecule has 0 spiro atoms. The summed E-state index contributed by atoms with van der Waals surface area (Å²) in [6, 6.07) is 6.16. The predicted octanol–water partition coefficient (Wildman–Crippen LogP) is 0.936. The zero-order valence-electron chi connectivity index (χ0n) is 9.59. The molecule has 0 fully saturated rings. The Kier molecular flexibility index (Phi) is 3.52. The van der Waals surface area contributed by atoms with Crippen molar-refractivity contribution in [3.8, 4) is 0 Å². The van der Waals surface area contributed by atoms with Gasteiger partial charge in [0.25, 0.3) is 5.56 Å². The fraction of sp³-hybridized carbons (Fsp3) is 0.0833. The molecule has 1 heterocycles. The summed E-state index contributed by atoms with van der Waals surface area (Å²) in [4.78, 5) is 35.6. The summed E-state index contributed by atoms with van der Waals surface area (Å²) < 4.78 is 1.20. The summed E-state index contributed by atoms with van der Waals surface area (Å²) in [6.45, 7) is 0.121. The van der Waals surface area contributed by atoms with Crippen molar-refractivity contribution >= 4 is 17.6 Å². The first-order valence-electron chi connectivity index (χ1n) is 5.29. The number of nitrogens with zero attached hydrogens (tertiary/aromatic N) is 1. The van der Waals surface area contributed by atoms with E-state index in [1.165, 1.54) is 22.9 Å². The minimum Gasteiger partial charge on any atom is -0.478 e. The summed E-state index contributed by atoms with van der Waals surface area (Å²) in [5.41, 5.74) is -0.511. The lowest BCUT2D eigenvalue weighted by Gasteiger charge is -2.06. The Balaban J connectivity index is 2.39. The molecule has 0 bridgehead atoms. The van der Waals surface area contributed by atoms with Gasteiger partial charge in [0.05, 0.1) is 12.1 Å². The lowest BCUT2D eigenvalue weighted by Crippen LogP contribution is -2.29. The van der Waals surface area contributed by atoms with Crippen LogP contribution in [0.3, 0.4) is 0 Å². The maximum Gasteiger partial charge on any atom is 0.335 e. The molecule has 0 radical (unpaired) electrons. The van der Waals surface area contributed by atoms with Gasteiger partial charge < -0.3 is 5.11 Å². The van der Waals surface area contributed by atoms with Crippen LogP contribution < -0.4 is 11.2 Å². The summed E-state index contributed by atoms with van der Waals surface area (Å²) >= 11 is 5.64. The van der Waals surface area contributed by atoms with E-state index < -0.39 is 17.2 Å². The summed E-state index contributed by atoms with van der Waals surface area (Å²) in [5.74, 6) is -1.05. The smallest absolute Gasteiger partial charge is 0.335 e. The second-order valence-electron chi connectivity index (χ2n) is 3.87.